The fourth-order valence-electron chi connectivity index (χ4n) is 2.49. The summed E-state index contributed by atoms with van der Waals surface area (Å²) in [4.78, 5) is 0. The first-order valence-corrected chi connectivity index (χ1v) is 7.98. The van der Waals surface area contributed by atoms with Gasteiger partial charge >= 0.3 is 0 Å². The maximum atomic E-state index is 5.94. The van der Waals surface area contributed by atoms with E-state index in [0.717, 1.165) is 51.3 Å². The van der Waals surface area contributed by atoms with Crippen LogP contribution in [0.3, 0.4) is 0 Å². The molecule has 0 saturated heterocycles. The molecule has 0 aliphatic carbocycles. The second kappa shape index (κ2) is 9.02. The molecule has 0 unspecified atom stereocenters. The van der Waals surface area contributed by atoms with E-state index >= 15 is 0 Å². The molecule has 0 N–H and O–H groups in total. The van der Waals surface area contributed by atoms with Crippen molar-refractivity contribution in [3.63, 3.8) is 0 Å². The van der Waals surface area contributed by atoms with Crippen molar-refractivity contribution in [3.05, 3.63) is 28.3 Å². The number of benzene rings is 1. The molecule has 1 rings (SSSR count). The maximum absolute atomic E-state index is 5.94. The smallest absolute Gasteiger partial charge is 0.123 e. The predicted molar refractivity (Wildman–Crippen MR) is 85.9 cm³/mol. The van der Waals surface area contributed by atoms with E-state index in [4.69, 9.17) is 9.47 Å². The summed E-state index contributed by atoms with van der Waals surface area (Å²) in [7, 11) is 0. The van der Waals surface area contributed by atoms with Gasteiger partial charge in [0.15, 0.2) is 0 Å². The van der Waals surface area contributed by atoms with Crippen molar-refractivity contribution >= 4 is 0 Å². The molecule has 20 heavy (non-hydrogen) atoms. The number of ether oxygens (including phenoxy) is 2. The summed E-state index contributed by atoms with van der Waals surface area (Å²) in [5.41, 5.74) is 5.50. The summed E-state index contributed by atoms with van der Waals surface area (Å²) < 4.78 is 11.6. The van der Waals surface area contributed by atoms with Gasteiger partial charge in [-0.25, -0.2) is 0 Å². The lowest BCUT2D eigenvalue weighted by Gasteiger charge is -2.19. The van der Waals surface area contributed by atoms with Crippen LogP contribution in [0.1, 0.15) is 55.9 Å². The molecule has 1 aromatic carbocycles. The van der Waals surface area contributed by atoms with E-state index in [0.29, 0.717) is 0 Å². The van der Waals surface area contributed by atoms with Gasteiger partial charge in [0.25, 0.3) is 0 Å². The van der Waals surface area contributed by atoms with Crippen molar-refractivity contribution in [1.82, 2.24) is 0 Å². The Kier molecular flexibility index (Phi) is 7.68. The van der Waals surface area contributed by atoms with Gasteiger partial charge < -0.3 is 9.47 Å². The molecule has 0 heterocycles. The highest BCUT2D eigenvalue weighted by molar-refractivity contribution is 5.49. The standard InChI is InChI=1S/C18H30O2/c1-6-10-19-12-9-17-15(5)14(4)13-18(16(17)8-3)20-11-7-2/h13H,6-12H2,1-5H3. The molecule has 2 heteroatoms. The highest BCUT2D eigenvalue weighted by Gasteiger charge is 2.13. The summed E-state index contributed by atoms with van der Waals surface area (Å²) in [6, 6.07) is 2.19. The molecule has 0 bridgehead atoms. The first kappa shape index (κ1) is 17.0. The molecule has 2 nitrogen and oxygen atoms in total. The van der Waals surface area contributed by atoms with E-state index in [1.807, 2.05) is 0 Å². The van der Waals surface area contributed by atoms with Crippen molar-refractivity contribution in [1.29, 1.82) is 0 Å². The summed E-state index contributed by atoms with van der Waals surface area (Å²) in [6.45, 7) is 13.3. The number of hydrogen-bond acceptors (Lipinski definition) is 2. The summed E-state index contributed by atoms with van der Waals surface area (Å²) >= 11 is 0. The normalized spacial score (nSPS) is 10.8. The third-order valence-electron chi connectivity index (χ3n) is 3.71. The minimum atomic E-state index is 0.793. The van der Waals surface area contributed by atoms with Gasteiger partial charge in [0.2, 0.25) is 0 Å². The van der Waals surface area contributed by atoms with Crippen LogP contribution in [0.25, 0.3) is 0 Å². The number of hydrogen-bond donors (Lipinski definition) is 0. The fraction of sp³-hybridized carbons (Fsp3) is 0.667. The van der Waals surface area contributed by atoms with Gasteiger partial charge in [-0.1, -0.05) is 20.8 Å². The Hall–Kier alpha value is -1.02. The van der Waals surface area contributed by atoms with Gasteiger partial charge in [0.1, 0.15) is 5.75 Å². The highest BCUT2D eigenvalue weighted by Crippen LogP contribution is 2.29. The van der Waals surface area contributed by atoms with E-state index in [2.05, 4.69) is 40.7 Å². The van der Waals surface area contributed by atoms with Crippen LogP contribution < -0.4 is 4.74 Å². The van der Waals surface area contributed by atoms with Crippen molar-refractivity contribution in [2.45, 2.75) is 60.3 Å². The second-order valence-corrected chi connectivity index (χ2v) is 5.34. The lowest BCUT2D eigenvalue weighted by molar-refractivity contribution is 0.137. The molecule has 0 saturated carbocycles. The van der Waals surface area contributed by atoms with Crippen LogP contribution in [-0.4, -0.2) is 19.8 Å². The third-order valence-corrected chi connectivity index (χ3v) is 3.71. The highest BCUT2D eigenvalue weighted by atomic mass is 16.5. The van der Waals surface area contributed by atoms with E-state index in [1.54, 1.807) is 0 Å². The lowest BCUT2D eigenvalue weighted by Crippen LogP contribution is -2.08. The molecule has 1 aromatic rings. The average molecular weight is 278 g/mol. The van der Waals surface area contributed by atoms with Crippen molar-refractivity contribution in [3.8, 4) is 5.75 Å². The molecule has 0 fully saturated rings. The topological polar surface area (TPSA) is 18.5 Å². The molecule has 0 amide bonds. The van der Waals surface area contributed by atoms with Gasteiger partial charge in [0.05, 0.1) is 13.2 Å². The van der Waals surface area contributed by atoms with Crippen molar-refractivity contribution in [2.75, 3.05) is 19.8 Å². The average Bonchev–Trinajstić information content (AvgIpc) is 2.45. The van der Waals surface area contributed by atoms with E-state index in [-0.39, 0.29) is 0 Å². The van der Waals surface area contributed by atoms with Crippen LogP contribution in [0.4, 0.5) is 0 Å². The predicted octanol–water partition coefficient (Wildman–Crippen LogP) is 4.62. The quantitative estimate of drug-likeness (QED) is 0.613. The van der Waals surface area contributed by atoms with Crippen LogP contribution in [0.5, 0.6) is 5.75 Å². The summed E-state index contributed by atoms with van der Waals surface area (Å²) in [5.74, 6) is 1.07. The minimum Gasteiger partial charge on any atom is -0.493 e. The summed E-state index contributed by atoms with van der Waals surface area (Å²) in [6.07, 6.45) is 4.13. The van der Waals surface area contributed by atoms with Gasteiger partial charge in [0, 0.05) is 6.61 Å². The maximum Gasteiger partial charge on any atom is 0.123 e. The first-order valence-electron chi connectivity index (χ1n) is 7.98. The second-order valence-electron chi connectivity index (χ2n) is 5.34. The van der Waals surface area contributed by atoms with Crippen molar-refractivity contribution < 1.29 is 9.47 Å². The third kappa shape index (κ3) is 4.52. The molecule has 0 aromatic heterocycles. The van der Waals surface area contributed by atoms with E-state index in [9.17, 15) is 0 Å². The zero-order valence-electron chi connectivity index (χ0n) is 13.8. The molecule has 114 valence electrons. The fourth-order valence-corrected chi connectivity index (χ4v) is 2.49. The Morgan fingerprint density at radius 3 is 2.20 bits per heavy atom. The SMILES string of the molecule is CCCOCCc1c(C)c(C)cc(OCCC)c1CC. The van der Waals surface area contributed by atoms with Gasteiger partial charge in [-0.2, -0.15) is 0 Å². The van der Waals surface area contributed by atoms with Gasteiger partial charge in [-0.05, 0) is 67.9 Å². The monoisotopic (exact) mass is 278 g/mol. The Bertz CT molecular complexity index is 410. The molecule has 0 aliphatic rings. The molecular formula is C18H30O2. The molecule has 0 atom stereocenters. The first-order chi connectivity index (χ1) is 9.65. The van der Waals surface area contributed by atoms with Gasteiger partial charge in [-0.3, -0.25) is 0 Å². The van der Waals surface area contributed by atoms with Crippen LogP contribution >= 0.6 is 0 Å². The van der Waals surface area contributed by atoms with Crippen LogP contribution in [0, 0.1) is 13.8 Å². The Labute approximate surface area is 124 Å². The van der Waals surface area contributed by atoms with Crippen molar-refractivity contribution in [2.24, 2.45) is 0 Å². The number of rotatable bonds is 9. The Morgan fingerprint density at radius 1 is 0.900 bits per heavy atom. The number of aryl methyl sites for hydroxylation is 1. The van der Waals surface area contributed by atoms with Gasteiger partial charge in [-0.15, -0.1) is 0 Å². The van der Waals surface area contributed by atoms with Crippen LogP contribution in [0.15, 0.2) is 6.07 Å². The van der Waals surface area contributed by atoms with E-state index in [1.165, 1.54) is 22.3 Å². The summed E-state index contributed by atoms with van der Waals surface area (Å²) in [5, 5.41) is 0. The zero-order chi connectivity index (χ0) is 15.0. The molecule has 0 radical (unpaired) electrons. The Morgan fingerprint density at radius 2 is 1.60 bits per heavy atom. The van der Waals surface area contributed by atoms with Crippen LogP contribution in [0.2, 0.25) is 0 Å². The molecule has 0 spiro atoms. The minimum absolute atomic E-state index is 0.793. The molecule has 0 aliphatic heterocycles. The molecular weight excluding hydrogens is 248 g/mol. The van der Waals surface area contributed by atoms with Crippen LogP contribution in [-0.2, 0) is 17.6 Å². The lowest BCUT2D eigenvalue weighted by atomic mass is 9.93. The Balaban J connectivity index is 2.95. The zero-order valence-corrected chi connectivity index (χ0v) is 13.8. The largest absolute Gasteiger partial charge is 0.493 e. The van der Waals surface area contributed by atoms with E-state index < -0.39 is 0 Å².